The third-order valence-electron chi connectivity index (χ3n) is 3.41. The Morgan fingerprint density at radius 1 is 1.12 bits per heavy atom. The van der Waals surface area contributed by atoms with Crippen LogP contribution in [-0.2, 0) is 0 Å². The van der Waals surface area contributed by atoms with Crippen LogP contribution in [0.5, 0.6) is 0 Å². The summed E-state index contributed by atoms with van der Waals surface area (Å²) in [6.45, 7) is 3.10. The van der Waals surface area contributed by atoms with Crippen LogP contribution in [0.2, 0.25) is 0 Å². The van der Waals surface area contributed by atoms with Gasteiger partial charge in [0.15, 0.2) is 0 Å². The molecule has 1 aliphatic rings. The van der Waals surface area contributed by atoms with Crippen molar-refractivity contribution in [3.05, 3.63) is 42.0 Å². The van der Waals surface area contributed by atoms with Gasteiger partial charge in [-0.3, -0.25) is 4.90 Å². The molecule has 2 nitrogen and oxygen atoms in total. The van der Waals surface area contributed by atoms with E-state index in [1.807, 2.05) is 6.07 Å². The Morgan fingerprint density at radius 2 is 1.82 bits per heavy atom. The molecule has 1 aliphatic heterocycles. The predicted molar refractivity (Wildman–Crippen MR) is 73.7 cm³/mol. The molecule has 1 aromatic rings. The maximum absolute atomic E-state index is 5.87. The van der Waals surface area contributed by atoms with Crippen LogP contribution < -0.4 is 5.73 Å². The van der Waals surface area contributed by atoms with E-state index in [1.165, 1.54) is 37.9 Å². The maximum Gasteiger partial charge on any atom is 0.0404 e. The van der Waals surface area contributed by atoms with Crippen molar-refractivity contribution in [2.24, 2.45) is 5.73 Å². The smallest absolute Gasteiger partial charge is 0.0404 e. The minimum atomic E-state index is 0.399. The van der Waals surface area contributed by atoms with Gasteiger partial charge in [-0.05, 0) is 31.5 Å². The number of nitrogens with two attached hydrogens (primary N) is 1. The van der Waals surface area contributed by atoms with Crippen LogP contribution in [0.4, 0.5) is 0 Å². The van der Waals surface area contributed by atoms with E-state index in [1.54, 1.807) is 0 Å². The molecule has 2 rings (SSSR count). The summed E-state index contributed by atoms with van der Waals surface area (Å²) in [5.41, 5.74) is 7.13. The number of hydrogen-bond acceptors (Lipinski definition) is 2. The Hall–Kier alpha value is -1.12. The van der Waals surface area contributed by atoms with E-state index in [0.29, 0.717) is 12.6 Å². The van der Waals surface area contributed by atoms with E-state index in [9.17, 15) is 0 Å². The average molecular weight is 230 g/mol. The Labute approximate surface area is 104 Å². The van der Waals surface area contributed by atoms with Crippen LogP contribution in [-0.4, -0.2) is 30.6 Å². The molecule has 0 aliphatic carbocycles. The summed E-state index contributed by atoms with van der Waals surface area (Å²) in [5, 5.41) is 0. The lowest BCUT2D eigenvalue weighted by Gasteiger charge is -2.32. The molecule has 0 amide bonds. The third-order valence-corrected chi connectivity index (χ3v) is 3.41. The van der Waals surface area contributed by atoms with E-state index in [2.05, 4.69) is 41.3 Å². The van der Waals surface area contributed by atoms with E-state index in [0.717, 1.165) is 0 Å². The molecule has 0 aromatic heterocycles. The minimum absolute atomic E-state index is 0.399. The van der Waals surface area contributed by atoms with Gasteiger partial charge in [-0.25, -0.2) is 0 Å². The van der Waals surface area contributed by atoms with E-state index in [-0.39, 0.29) is 0 Å². The fourth-order valence-electron chi connectivity index (χ4n) is 2.39. The normalized spacial score (nSPS) is 19.6. The molecule has 0 radical (unpaired) electrons. The standard InChI is InChI=1S/C15H22N2/c16-13-15(17-11-5-2-6-12-17)10-9-14-7-3-1-4-8-14/h1,3-4,7-10,15H,2,5-6,11-13,16H2/b10-9-. The number of hydrogen-bond donors (Lipinski definition) is 1. The zero-order valence-corrected chi connectivity index (χ0v) is 10.4. The Morgan fingerprint density at radius 3 is 2.47 bits per heavy atom. The average Bonchev–Trinajstić information content (AvgIpc) is 2.42. The van der Waals surface area contributed by atoms with Gasteiger partial charge < -0.3 is 5.73 Å². The molecule has 1 aromatic carbocycles. The van der Waals surface area contributed by atoms with Gasteiger partial charge in [-0.15, -0.1) is 0 Å². The molecule has 2 heteroatoms. The SMILES string of the molecule is NCC(/C=C\c1ccccc1)N1CCCCC1. The van der Waals surface area contributed by atoms with Gasteiger partial charge in [-0.1, -0.05) is 48.9 Å². The summed E-state index contributed by atoms with van der Waals surface area (Å²) in [6, 6.07) is 10.8. The molecule has 0 saturated carbocycles. The number of likely N-dealkylation sites (tertiary alicyclic amines) is 1. The zero-order chi connectivity index (χ0) is 11.9. The Balaban J connectivity index is 1.96. The Bertz CT molecular complexity index is 339. The fourth-order valence-corrected chi connectivity index (χ4v) is 2.39. The molecular formula is C15H22N2. The van der Waals surface area contributed by atoms with Gasteiger partial charge in [0.05, 0.1) is 0 Å². The second-order valence-corrected chi connectivity index (χ2v) is 4.67. The van der Waals surface area contributed by atoms with Crippen LogP contribution in [0.25, 0.3) is 6.08 Å². The summed E-state index contributed by atoms with van der Waals surface area (Å²) in [7, 11) is 0. The van der Waals surface area contributed by atoms with Crippen molar-refractivity contribution >= 4 is 6.08 Å². The maximum atomic E-state index is 5.87. The highest BCUT2D eigenvalue weighted by molar-refractivity contribution is 5.49. The van der Waals surface area contributed by atoms with Crippen molar-refractivity contribution in [3.8, 4) is 0 Å². The molecule has 1 atom stereocenters. The highest BCUT2D eigenvalue weighted by atomic mass is 15.2. The van der Waals surface area contributed by atoms with Crippen molar-refractivity contribution < 1.29 is 0 Å². The summed E-state index contributed by atoms with van der Waals surface area (Å²) >= 11 is 0. The van der Waals surface area contributed by atoms with Crippen LogP contribution in [0, 0.1) is 0 Å². The summed E-state index contributed by atoms with van der Waals surface area (Å²) < 4.78 is 0. The molecule has 17 heavy (non-hydrogen) atoms. The van der Waals surface area contributed by atoms with Crippen LogP contribution in [0.1, 0.15) is 24.8 Å². The molecular weight excluding hydrogens is 208 g/mol. The number of piperidine rings is 1. The highest BCUT2D eigenvalue weighted by Gasteiger charge is 2.16. The highest BCUT2D eigenvalue weighted by Crippen LogP contribution is 2.13. The largest absolute Gasteiger partial charge is 0.329 e. The van der Waals surface area contributed by atoms with Gasteiger partial charge in [0.2, 0.25) is 0 Å². The lowest BCUT2D eigenvalue weighted by molar-refractivity contribution is 0.195. The van der Waals surface area contributed by atoms with Gasteiger partial charge in [0.1, 0.15) is 0 Å². The first kappa shape index (κ1) is 12.3. The van der Waals surface area contributed by atoms with Crippen LogP contribution >= 0.6 is 0 Å². The first-order valence-electron chi connectivity index (χ1n) is 6.57. The first-order chi connectivity index (χ1) is 8.40. The van der Waals surface area contributed by atoms with E-state index >= 15 is 0 Å². The van der Waals surface area contributed by atoms with Crippen molar-refractivity contribution in [2.45, 2.75) is 25.3 Å². The van der Waals surface area contributed by atoms with Gasteiger partial charge in [-0.2, -0.15) is 0 Å². The molecule has 0 spiro atoms. The molecule has 1 fully saturated rings. The van der Waals surface area contributed by atoms with E-state index < -0.39 is 0 Å². The summed E-state index contributed by atoms with van der Waals surface area (Å²) in [4.78, 5) is 2.50. The number of rotatable bonds is 4. The molecule has 92 valence electrons. The molecule has 1 unspecified atom stereocenters. The van der Waals surface area contributed by atoms with Crippen molar-refractivity contribution in [1.29, 1.82) is 0 Å². The minimum Gasteiger partial charge on any atom is -0.329 e. The predicted octanol–water partition coefficient (Wildman–Crippen LogP) is 2.51. The van der Waals surface area contributed by atoms with Crippen molar-refractivity contribution in [3.63, 3.8) is 0 Å². The van der Waals surface area contributed by atoms with Crippen LogP contribution in [0.15, 0.2) is 36.4 Å². The van der Waals surface area contributed by atoms with E-state index in [4.69, 9.17) is 5.73 Å². The number of benzene rings is 1. The molecule has 1 saturated heterocycles. The van der Waals surface area contributed by atoms with Crippen molar-refractivity contribution in [1.82, 2.24) is 4.90 Å². The monoisotopic (exact) mass is 230 g/mol. The van der Waals surface area contributed by atoms with Crippen LogP contribution in [0.3, 0.4) is 0 Å². The molecule has 2 N–H and O–H groups in total. The molecule has 0 bridgehead atoms. The van der Waals surface area contributed by atoms with Gasteiger partial charge in [0.25, 0.3) is 0 Å². The first-order valence-corrected chi connectivity index (χ1v) is 6.57. The second-order valence-electron chi connectivity index (χ2n) is 4.67. The number of nitrogens with zero attached hydrogens (tertiary/aromatic N) is 1. The zero-order valence-electron chi connectivity index (χ0n) is 10.4. The summed E-state index contributed by atoms with van der Waals surface area (Å²) in [5.74, 6) is 0. The topological polar surface area (TPSA) is 29.3 Å². The Kier molecular flexibility index (Phi) is 4.77. The second kappa shape index (κ2) is 6.58. The summed E-state index contributed by atoms with van der Waals surface area (Å²) in [6.07, 6.45) is 8.44. The quantitative estimate of drug-likeness (QED) is 0.861. The van der Waals surface area contributed by atoms with Gasteiger partial charge >= 0.3 is 0 Å². The van der Waals surface area contributed by atoms with Crippen molar-refractivity contribution in [2.75, 3.05) is 19.6 Å². The van der Waals surface area contributed by atoms with Gasteiger partial charge in [0, 0.05) is 12.6 Å². The lowest BCUT2D eigenvalue weighted by atomic mass is 10.1. The molecule has 1 heterocycles. The third kappa shape index (κ3) is 3.69. The lowest BCUT2D eigenvalue weighted by Crippen LogP contribution is -2.42. The fraction of sp³-hybridized carbons (Fsp3) is 0.467.